The predicted octanol–water partition coefficient (Wildman–Crippen LogP) is 6.45. The minimum atomic E-state index is -5.20. The molecule has 5 aromatic carbocycles. The molecule has 6 N–H and O–H groups in total. The van der Waals surface area contributed by atoms with Crippen LogP contribution in [0.15, 0.2) is 107 Å². The zero-order valence-electron chi connectivity index (χ0n) is 30.4. The second-order valence-corrected chi connectivity index (χ2v) is 17.8. The summed E-state index contributed by atoms with van der Waals surface area (Å²) in [6.07, 6.45) is 0. The number of nitrogens with one attached hydrogen (secondary N) is 2. The maximum absolute atomic E-state index is 12.5. The molecule has 0 amide bonds. The lowest BCUT2D eigenvalue weighted by atomic mass is 10.1. The van der Waals surface area contributed by atoms with Crippen LogP contribution in [0.4, 0.5) is 40.3 Å². The van der Waals surface area contributed by atoms with E-state index in [1.54, 1.807) is 7.05 Å². The highest BCUT2D eigenvalue weighted by molar-refractivity contribution is 7.87. The van der Waals surface area contributed by atoms with E-state index in [-0.39, 0.29) is 62.2 Å². The molecule has 314 valence electrons. The van der Waals surface area contributed by atoms with Crippen LogP contribution in [0.1, 0.15) is 0 Å². The Bertz CT molecular complexity index is 3280. The number of halogens is 1. The minimum absolute atomic E-state index is 0.00534. The highest BCUT2D eigenvalue weighted by atomic mass is 35.5. The molecule has 0 aliphatic rings. The zero-order valence-corrected chi connectivity index (χ0v) is 34.4. The maximum Gasteiger partial charge on any atom is 0.296 e. The number of azo groups is 2. The average molecular weight is 924 g/mol. The van der Waals surface area contributed by atoms with Crippen LogP contribution in [0, 0.1) is 0 Å². The van der Waals surface area contributed by atoms with Crippen LogP contribution in [-0.2, 0) is 40.5 Å². The molecule has 6 aromatic rings. The summed E-state index contributed by atoms with van der Waals surface area (Å²) in [5, 5.41) is 21.0. The van der Waals surface area contributed by atoms with Crippen LogP contribution in [0.3, 0.4) is 0 Å². The monoisotopic (exact) mass is 923 g/mol. The molecule has 60 heavy (non-hydrogen) atoms. The molecule has 0 fully saturated rings. The first-order valence-corrected chi connectivity index (χ1v) is 22.2. The Labute approximate surface area is 344 Å². The average Bonchev–Trinajstić information content (AvgIpc) is 3.16. The first-order chi connectivity index (χ1) is 28.0. The van der Waals surface area contributed by atoms with E-state index in [4.69, 9.17) is 21.1 Å². The van der Waals surface area contributed by atoms with Crippen molar-refractivity contribution in [2.45, 2.75) is 19.6 Å². The van der Waals surface area contributed by atoms with E-state index in [0.29, 0.717) is 18.2 Å². The van der Waals surface area contributed by atoms with Gasteiger partial charge in [0.15, 0.2) is 0 Å². The van der Waals surface area contributed by atoms with Crippen LogP contribution < -0.4 is 20.1 Å². The Hall–Kier alpha value is -6.04. The van der Waals surface area contributed by atoms with Crippen molar-refractivity contribution in [1.29, 1.82) is 0 Å². The molecule has 23 nitrogen and oxygen atoms in total. The molecule has 0 spiro atoms. The topological polar surface area (TPSA) is 348 Å². The van der Waals surface area contributed by atoms with Crippen LogP contribution in [0.2, 0.25) is 5.28 Å². The van der Waals surface area contributed by atoms with Crippen molar-refractivity contribution in [3.63, 3.8) is 0 Å². The lowest BCUT2D eigenvalue weighted by molar-refractivity contribution is 0.405. The van der Waals surface area contributed by atoms with Crippen molar-refractivity contribution in [1.82, 2.24) is 15.0 Å². The first kappa shape index (κ1) is 43.5. The Kier molecular flexibility index (Phi) is 11.8. The summed E-state index contributed by atoms with van der Waals surface area (Å²) in [4.78, 5) is 8.51. The number of nitrogens with zero attached hydrogens (tertiary/aromatic N) is 7. The zero-order chi connectivity index (χ0) is 43.9. The van der Waals surface area contributed by atoms with E-state index >= 15 is 0 Å². The van der Waals surface area contributed by atoms with Gasteiger partial charge >= 0.3 is 0 Å². The second kappa shape index (κ2) is 16.2. The molecule has 0 aliphatic carbocycles. The number of methoxy groups -OCH3 is 2. The van der Waals surface area contributed by atoms with Gasteiger partial charge in [-0.25, -0.2) is 0 Å². The summed E-state index contributed by atoms with van der Waals surface area (Å²) >= 11 is 6.01. The highest BCUT2D eigenvalue weighted by Crippen LogP contribution is 2.44. The molecule has 0 aliphatic heterocycles. The van der Waals surface area contributed by atoms with Gasteiger partial charge in [0.05, 0.1) is 30.5 Å². The molecule has 6 rings (SSSR count). The molecule has 0 saturated carbocycles. The Morgan fingerprint density at radius 2 is 1.15 bits per heavy atom. The third-order valence-electron chi connectivity index (χ3n) is 8.17. The smallest absolute Gasteiger partial charge is 0.296 e. The van der Waals surface area contributed by atoms with Gasteiger partial charge < -0.3 is 20.1 Å². The van der Waals surface area contributed by atoms with E-state index in [0.717, 1.165) is 12.1 Å². The van der Waals surface area contributed by atoms with Crippen LogP contribution >= 0.6 is 11.6 Å². The summed E-state index contributed by atoms with van der Waals surface area (Å²) in [6, 6.07) is 12.0. The molecular formula is C32H26ClN9O14S4. The van der Waals surface area contributed by atoms with Gasteiger partial charge in [-0.3, -0.25) is 18.2 Å². The number of aromatic nitrogens is 3. The molecular weight excluding hydrogens is 898 g/mol. The van der Waals surface area contributed by atoms with Gasteiger partial charge in [-0.05, 0) is 59.5 Å². The SMILES string of the molecule is CNc1nc(Cl)nc(Nc2ccc(/N=N\c3cc(OC)c(N=Nc4cc5c(S(=O)(=O)O)cc(S(=O)(=O)O)cc5cc4S(=O)(=O)O)cc3OC)c3cccc(S(=O)(=O)O)c23)n1. The molecule has 0 atom stereocenters. The minimum Gasteiger partial charge on any atom is -0.494 e. The van der Waals surface area contributed by atoms with Gasteiger partial charge in [0.2, 0.25) is 17.2 Å². The molecule has 0 unspecified atom stereocenters. The van der Waals surface area contributed by atoms with Gasteiger partial charge in [-0.1, -0.05) is 12.1 Å². The number of hydrogen-bond donors (Lipinski definition) is 6. The molecule has 0 radical (unpaired) electrons. The summed E-state index contributed by atoms with van der Waals surface area (Å²) in [6.45, 7) is 0. The molecule has 1 heterocycles. The van der Waals surface area contributed by atoms with Crippen LogP contribution in [-0.4, -0.2) is 88.1 Å². The Morgan fingerprint density at radius 1 is 0.583 bits per heavy atom. The quantitative estimate of drug-likeness (QED) is 0.0535. The van der Waals surface area contributed by atoms with Crippen molar-refractivity contribution in [3.8, 4) is 11.5 Å². The van der Waals surface area contributed by atoms with Crippen molar-refractivity contribution < 1.29 is 61.4 Å². The number of rotatable bonds is 13. The third kappa shape index (κ3) is 9.22. The number of hydrogen-bond acceptors (Lipinski definition) is 19. The number of anilines is 3. The standard InChI is InChI=1S/C32H26ClN9O14S4/c1-34-31-36-30(33)37-32(38-31)35-20-8-7-19(17-5-4-6-26(29(17)20)58(46,47)48)39-40-21-13-25(56-3)22(14-24(21)55-2)41-42-23-12-18-15(10-28(23)60(52,53)54)9-16(57(43,44)45)11-27(18)59(49,50)51/h4-14H,1-3H3,(H,43,44,45)(H,46,47,48)(H,49,50,51)(H,52,53,54)(H2,34,35,36,37,38)/b40-39-,42-41?. The van der Waals surface area contributed by atoms with Crippen LogP contribution in [0.5, 0.6) is 11.5 Å². The third-order valence-corrected chi connectivity index (χ3v) is 11.8. The molecule has 28 heteroatoms. The highest BCUT2D eigenvalue weighted by Gasteiger charge is 2.25. The first-order valence-electron chi connectivity index (χ1n) is 16.0. The van der Waals surface area contributed by atoms with E-state index in [9.17, 15) is 51.9 Å². The molecule has 1 aromatic heterocycles. The van der Waals surface area contributed by atoms with E-state index in [1.165, 1.54) is 50.6 Å². The normalized spacial score (nSPS) is 12.7. The summed E-state index contributed by atoms with van der Waals surface area (Å²) in [5.74, 6) is -0.0685. The van der Waals surface area contributed by atoms with Gasteiger partial charge in [-0.2, -0.15) is 48.6 Å². The summed E-state index contributed by atoms with van der Waals surface area (Å²) < 4.78 is 148. The largest absolute Gasteiger partial charge is 0.494 e. The maximum atomic E-state index is 12.5. The predicted molar refractivity (Wildman–Crippen MR) is 213 cm³/mol. The van der Waals surface area contributed by atoms with Crippen molar-refractivity contribution >= 4 is 114 Å². The lowest BCUT2D eigenvalue weighted by Gasteiger charge is -2.13. The lowest BCUT2D eigenvalue weighted by Crippen LogP contribution is -2.05. The second-order valence-electron chi connectivity index (χ2n) is 11.9. The van der Waals surface area contributed by atoms with Gasteiger partial charge in [0, 0.05) is 35.3 Å². The van der Waals surface area contributed by atoms with Gasteiger partial charge in [0.25, 0.3) is 40.5 Å². The number of ether oxygens (including phenoxy) is 2. The van der Waals surface area contributed by atoms with Crippen LogP contribution in [0.25, 0.3) is 21.5 Å². The number of benzene rings is 5. The van der Waals surface area contributed by atoms with Crippen molar-refractivity contribution in [3.05, 3.63) is 72.0 Å². The summed E-state index contributed by atoms with van der Waals surface area (Å²) in [7, 11) is -16.2. The van der Waals surface area contributed by atoms with Gasteiger partial charge in [0.1, 0.15) is 43.2 Å². The van der Waals surface area contributed by atoms with E-state index in [2.05, 4.69) is 46.0 Å². The molecule has 0 bridgehead atoms. The number of fused-ring (bicyclic) bond motifs is 2. The van der Waals surface area contributed by atoms with Crippen molar-refractivity contribution in [2.24, 2.45) is 20.5 Å². The molecule has 0 saturated heterocycles. The summed E-state index contributed by atoms with van der Waals surface area (Å²) in [5.41, 5.74) is -0.612. The van der Waals surface area contributed by atoms with E-state index in [1.807, 2.05) is 0 Å². The fourth-order valence-corrected chi connectivity index (χ4v) is 8.48. The van der Waals surface area contributed by atoms with E-state index < -0.39 is 76.5 Å². The fraction of sp³-hybridized carbons (Fsp3) is 0.0938. The van der Waals surface area contributed by atoms with Gasteiger partial charge in [-0.15, -0.1) is 20.5 Å². The Morgan fingerprint density at radius 3 is 1.70 bits per heavy atom. The van der Waals surface area contributed by atoms with Crippen molar-refractivity contribution in [2.75, 3.05) is 31.9 Å². The Balaban J connectivity index is 1.45. The fourth-order valence-electron chi connectivity index (χ4n) is 5.61.